The average molecular weight is 497 g/mol. The first-order valence-corrected chi connectivity index (χ1v) is 11.5. The molecule has 2 N–H and O–H groups in total. The van der Waals surface area contributed by atoms with Gasteiger partial charge < -0.3 is 15.1 Å². The van der Waals surface area contributed by atoms with E-state index in [2.05, 4.69) is 15.5 Å². The number of amides is 2. The van der Waals surface area contributed by atoms with Crippen LogP contribution in [-0.4, -0.2) is 48.0 Å². The highest BCUT2D eigenvalue weighted by atomic mass is 35.5. The van der Waals surface area contributed by atoms with Crippen LogP contribution < -0.4 is 15.5 Å². The highest BCUT2D eigenvalue weighted by Gasteiger charge is 2.23. The fourth-order valence-corrected chi connectivity index (χ4v) is 4.07. The summed E-state index contributed by atoms with van der Waals surface area (Å²) < 4.78 is 13.4. The van der Waals surface area contributed by atoms with Crippen LogP contribution in [0.1, 0.15) is 20.7 Å². The topological polar surface area (TPSA) is 64.7 Å². The minimum absolute atomic E-state index is 0.0241. The minimum Gasteiger partial charge on any atom is -0.366 e. The monoisotopic (exact) mass is 496 g/mol. The standard InChI is InChI=1S/C25H22ClFN4O2S/c26-19-10-8-17(9-11-19)24(33)31-14-12-30(13-15-31)22-7-2-1-6-21(22)28-25(34)29-23(32)18-4-3-5-20(27)16-18/h1-11,16H,12-15H2,(H2,28,29,32,34). The van der Waals surface area contributed by atoms with Crippen molar-refractivity contribution in [3.05, 3.63) is 94.8 Å². The van der Waals surface area contributed by atoms with E-state index < -0.39 is 11.7 Å². The van der Waals surface area contributed by atoms with Gasteiger partial charge in [-0.1, -0.05) is 29.8 Å². The Morgan fingerprint density at radius 3 is 2.29 bits per heavy atom. The minimum atomic E-state index is -0.496. The van der Waals surface area contributed by atoms with E-state index in [0.717, 1.165) is 17.4 Å². The number of nitrogens with zero attached hydrogens (tertiary/aromatic N) is 2. The van der Waals surface area contributed by atoms with Gasteiger partial charge in [-0.05, 0) is 66.8 Å². The Hall–Kier alpha value is -3.49. The van der Waals surface area contributed by atoms with Gasteiger partial charge in [0.05, 0.1) is 11.4 Å². The number of carbonyl (C=O) groups is 2. The lowest BCUT2D eigenvalue weighted by molar-refractivity contribution is 0.0746. The van der Waals surface area contributed by atoms with Crippen molar-refractivity contribution in [2.24, 2.45) is 0 Å². The Kier molecular flexibility index (Phi) is 7.40. The van der Waals surface area contributed by atoms with Crippen LogP contribution in [0, 0.1) is 5.82 Å². The molecule has 34 heavy (non-hydrogen) atoms. The summed E-state index contributed by atoms with van der Waals surface area (Å²) in [4.78, 5) is 29.1. The number of benzene rings is 3. The van der Waals surface area contributed by atoms with Crippen LogP contribution in [-0.2, 0) is 0 Å². The van der Waals surface area contributed by atoms with Gasteiger partial charge >= 0.3 is 0 Å². The van der Waals surface area contributed by atoms with Crippen molar-refractivity contribution in [1.82, 2.24) is 10.2 Å². The van der Waals surface area contributed by atoms with Crippen molar-refractivity contribution in [2.75, 3.05) is 36.4 Å². The lowest BCUT2D eigenvalue weighted by Crippen LogP contribution is -2.49. The summed E-state index contributed by atoms with van der Waals surface area (Å²) in [5, 5.41) is 6.34. The van der Waals surface area contributed by atoms with E-state index in [4.69, 9.17) is 23.8 Å². The van der Waals surface area contributed by atoms with Crippen molar-refractivity contribution < 1.29 is 14.0 Å². The summed E-state index contributed by atoms with van der Waals surface area (Å²) in [6.07, 6.45) is 0. The van der Waals surface area contributed by atoms with Crippen molar-refractivity contribution in [3.8, 4) is 0 Å². The Morgan fingerprint density at radius 1 is 0.882 bits per heavy atom. The number of rotatable bonds is 4. The van der Waals surface area contributed by atoms with Gasteiger partial charge in [-0.2, -0.15) is 0 Å². The third-order valence-electron chi connectivity index (χ3n) is 5.46. The number of piperazine rings is 1. The van der Waals surface area contributed by atoms with Gasteiger partial charge in [-0.3, -0.25) is 14.9 Å². The normalized spacial score (nSPS) is 13.4. The zero-order valence-electron chi connectivity index (χ0n) is 18.1. The van der Waals surface area contributed by atoms with Gasteiger partial charge in [0.25, 0.3) is 11.8 Å². The van der Waals surface area contributed by atoms with Crippen molar-refractivity contribution >= 4 is 52.1 Å². The molecule has 6 nitrogen and oxygen atoms in total. The average Bonchev–Trinajstić information content (AvgIpc) is 2.84. The largest absolute Gasteiger partial charge is 0.366 e. The van der Waals surface area contributed by atoms with Gasteiger partial charge in [-0.25, -0.2) is 4.39 Å². The third-order valence-corrected chi connectivity index (χ3v) is 5.92. The van der Waals surface area contributed by atoms with E-state index in [1.807, 2.05) is 29.2 Å². The van der Waals surface area contributed by atoms with Crippen molar-refractivity contribution in [3.63, 3.8) is 0 Å². The molecule has 174 valence electrons. The molecular weight excluding hydrogens is 475 g/mol. The molecule has 3 aromatic carbocycles. The van der Waals surface area contributed by atoms with E-state index in [1.165, 1.54) is 18.2 Å². The Bertz CT molecular complexity index is 1210. The number of carbonyl (C=O) groups excluding carboxylic acids is 2. The molecule has 2 amide bonds. The van der Waals surface area contributed by atoms with Crippen molar-refractivity contribution in [2.45, 2.75) is 0 Å². The van der Waals surface area contributed by atoms with Crippen LogP contribution in [0.4, 0.5) is 15.8 Å². The van der Waals surface area contributed by atoms with Crippen LogP contribution in [0.3, 0.4) is 0 Å². The maximum atomic E-state index is 13.4. The molecule has 0 unspecified atom stereocenters. The molecule has 4 rings (SSSR count). The second-order valence-electron chi connectivity index (χ2n) is 7.72. The first-order chi connectivity index (χ1) is 16.4. The van der Waals surface area contributed by atoms with Crippen molar-refractivity contribution in [1.29, 1.82) is 0 Å². The van der Waals surface area contributed by atoms with Gasteiger partial charge in [-0.15, -0.1) is 0 Å². The van der Waals surface area contributed by atoms with Gasteiger partial charge in [0.15, 0.2) is 5.11 Å². The van der Waals surface area contributed by atoms with Crippen LogP contribution >= 0.6 is 23.8 Å². The molecule has 3 aromatic rings. The number of anilines is 2. The lowest BCUT2D eigenvalue weighted by atomic mass is 10.1. The summed E-state index contributed by atoms with van der Waals surface area (Å²) in [5.74, 6) is -1.02. The van der Waals surface area contributed by atoms with Crippen LogP contribution in [0.2, 0.25) is 5.02 Å². The Balaban J connectivity index is 1.38. The number of hydrogen-bond donors (Lipinski definition) is 2. The molecule has 1 heterocycles. The molecular formula is C25H22ClFN4O2S. The first kappa shape index (κ1) is 23.7. The number of thiocarbonyl (C=S) groups is 1. The Morgan fingerprint density at radius 2 is 1.59 bits per heavy atom. The second-order valence-corrected chi connectivity index (χ2v) is 8.57. The predicted molar refractivity (Wildman–Crippen MR) is 136 cm³/mol. The summed E-state index contributed by atoms with van der Waals surface area (Å²) in [5.41, 5.74) is 2.42. The molecule has 1 fully saturated rings. The summed E-state index contributed by atoms with van der Waals surface area (Å²) in [7, 11) is 0. The fourth-order valence-electron chi connectivity index (χ4n) is 3.74. The molecule has 1 saturated heterocycles. The first-order valence-electron chi connectivity index (χ1n) is 10.7. The number of hydrogen-bond acceptors (Lipinski definition) is 4. The van der Waals surface area contributed by atoms with Gasteiger partial charge in [0.1, 0.15) is 5.82 Å². The van der Waals surface area contributed by atoms with E-state index >= 15 is 0 Å². The van der Waals surface area contributed by atoms with Gasteiger partial charge in [0.2, 0.25) is 0 Å². The zero-order chi connectivity index (χ0) is 24.1. The lowest BCUT2D eigenvalue weighted by Gasteiger charge is -2.37. The molecule has 0 atom stereocenters. The molecule has 0 aromatic heterocycles. The molecule has 0 saturated carbocycles. The van der Waals surface area contributed by atoms with Crippen LogP contribution in [0.25, 0.3) is 0 Å². The number of para-hydroxylation sites is 2. The molecule has 0 radical (unpaired) electrons. The highest BCUT2D eigenvalue weighted by molar-refractivity contribution is 7.80. The molecule has 0 aliphatic carbocycles. The summed E-state index contributed by atoms with van der Waals surface area (Å²) in [6, 6.07) is 19.9. The van der Waals surface area contributed by atoms with Gasteiger partial charge in [0, 0.05) is 42.3 Å². The number of nitrogens with one attached hydrogen (secondary N) is 2. The smallest absolute Gasteiger partial charge is 0.257 e. The predicted octanol–water partition coefficient (Wildman–Crippen LogP) is 4.57. The molecule has 1 aliphatic rings. The quantitative estimate of drug-likeness (QED) is 0.518. The number of halogens is 2. The van der Waals surface area contributed by atoms with E-state index in [-0.39, 0.29) is 16.6 Å². The highest BCUT2D eigenvalue weighted by Crippen LogP contribution is 2.27. The van der Waals surface area contributed by atoms with E-state index in [0.29, 0.717) is 36.8 Å². The molecule has 0 spiro atoms. The Labute approximate surface area is 207 Å². The second kappa shape index (κ2) is 10.6. The molecule has 1 aliphatic heterocycles. The molecule has 9 heteroatoms. The summed E-state index contributed by atoms with van der Waals surface area (Å²) >= 11 is 11.2. The zero-order valence-corrected chi connectivity index (χ0v) is 19.7. The fraction of sp³-hybridized carbons (Fsp3) is 0.160. The maximum Gasteiger partial charge on any atom is 0.257 e. The SMILES string of the molecule is O=C(NC(=S)Nc1ccccc1N1CCN(C(=O)c2ccc(Cl)cc2)CC1)c1cccc(F)c1. The van der Waals surface area contributed by atoms with E-state index in [1.54, 1.807) is 24.3 Å². The third kappa shape index (κ3) is 5.70. The molecule has 0 bridgehead atoms. The summed E-state index contributed by atoms with van der Waals surface area (Å²) in [6.45, 7) is 2.41. The van der Waals surface area contributed by atoms with E-state index in [9.17, 15) is 14.0 Å². The van der Waals surface area contributed by atoms with Crippen LogP contribution in [0.5, 0.6) is 0 Å². The maximum absolute atomic E-state index is 13.4. The van der Waals surface area contributed by atoms with Crippen LogP contribution in [0.15, 0.2) is 72.8 Å².